The van der Waals surface area contributed by atoms with Crippen molar-refractivity contribution in [3.05, 3.63) is 70.8 Å². The van der Waals surface area contributed by atoms with Crippen molar-refractivity contribution in [3.63, 3.8) is 0 Å². The summed E-state index contributed by atoms with van der Waals surface area (Å²) in [5.41, 5.74) is 3.23. The van der Waals surface area contributed by atoms with Crippen LogP contribution in [0.5, 0.6) is 0 Å². The monoisotopic (exact) mass is 401 g/mol. The molecule has 2 aromatic carbocycles. The number of hydrogen-bond donors (Lipinski definition) is 0. The molecule has 7 heteroatoms. The molecule has 0 radical (unpaired) electrons. The number of fused-ring (bicyclic) bond motifs is 1. The number of hydrogen-bond acceptors (Lipinski definition) is 5. The normalized spacial score (nSPS) is 14.9. The quantitative estimate of drug-likeness (QED) is 0.719. The number of sulfone groups is 1. The fraction of sp³-hybridized carbons (Fsp3) is 0.333. The van der Waals surface area contributed by atoms with Gasteiger partial charge >= 0.3 is 5.97 Å². The molecule has 6 nitrogen and oxygen atoms in total. The summed E-state index contributed by atoms with van der Waals surface area (Å²) in [5.74, 6) is -0.922. The van der Waals surface area contributed by atoms with Gasteiger partial charge in [-0.3, -0.25) is 4.79 Å². The van der Waals surface area contributed by atoms with E-state index in [0.29, 0.717) is 18.7 Å². The van der Waals surface area contributed by atoms with E-state index in [1.54, 1.807) is 24.0 Å². The van der Waals surface area contributed by atoms with Crippen LogP contribution in [0.1, 0.15) is 34.0 Å². The molecule has 2 aromatic rings. The van der Waals surface area contributed by atoms with Crippen molar-refractivity contribution in [2.24, 2.45) is 0 Å². The lowest BCUT2D eigenvalue weighted by Gasteiger charge is -2.30. The van der Waals surface area contributed by atoms with Crippen LogP contribution in [-0.4, -0.2) is 44.1 Å². The van der Waals surface area contributed by atoms with E-state index < -0.39 is 21.9 Å². The first-order valence-corrected chi connectivity index (χ1v) is 11.1. The van der Waals surface area contributed by atoms with Crippen molar-refractivity contribution in [1.82, 2.24) is 4.90 Å². The van der Waals surface area contributed by atoms with E-state index in [9.17, 15) is 18.0 Å². The fourth-order valence-corrected chi connectivity index (χ4v) is 4.06. The van der Waals surface area contributed by atoms with E-state index in [1.165, 1.54) is 17.7 Å². The van der Waals surface area contributed by atoms with E-state index >= 15 is 0 Å². The Balaban J connectivity index is 1.60. The largest absolute Gasteiger partial charge is 0.449 e. The molecule has 0 N–H and O–H groups in total. The van der Waals surface area contributed by atoms with Crippen LogP contribution < -0.4 is 0 Å². The van der Waals surface area contributed by atoms with Crippen LogP contribution in [0.4, 0.5) is 0 Å². The van der Waals surface area contributed by atoms with Crippen LogP contribution >= 0.6 is 0 Å². The number of nitrogens with zero attached hydrogens (tertiary/aromatic N) is 1. The zero-order valence-electron chi connectivity index (χ0n) is 15.9. The second kappa shape index (κ2) is 8.14. The average molecular weight is 401 g/mol. The lowest BCUT2D eigenvalue weighted by atomic mass is 9.99. The summed E-state index contributed by atoms with van der Waals surface area (Å²) in [4.78, 5) is 26.7. The Hall–Kier alpha value is -2.67. The molecule has 3 rings (SSSR count). The predicted molar refractivity (Wildman–Crippen MR) is 105 cm³/mol. The highest BCUT2D eigenvalue weighted by Gasteiger charge is 2.27. The first-order valence-electron chi connectivity index (χ1n) is 9.06. The lowest BCUT2D eigenvalue weighted by molar-refractivity contribution is -0.140. The second-order valence-electron chi connectivity index (χ2n) is 7.09. The Morgan fingerprint density at radius 2 is 1.71 bits per heavy atom. The maximum atomic E-state index is 12.7. The molecule has 1 amide bonds. The maximum Gasteiger partial charge on any atom is 0.338 e. The summed E-state index contributed by atoms with van der Waals surface area (Å²) in [5, 5.41) is 0. The third-order valence-corrected chi connectivity index (χ3v) is 5.55. The van der Waals surface area contributed by atoms with E-state index in [-0.39, 0.29) is 17.2 Å². The van der Waals surface area contributed by atoms with Crippen molar-refractivity contribution in [2.45, 2.75) is 31.7 Å². The molecule has 0 unspecified atom stereocenters. The first kappa shape index (κ1) is 20.1. The Morgan fingerprint density at radius 3 is 2.36 bits per heavy atom. The van der Waals surface area contributed by atoms with Crippen molar-refractivity contribution in [3.8, 4) is 0 Å². The minimum Gasteiger partial charge on any atom is -0.449 e. The third kappa shape index (κ3) is 4.98. The SMILES string of the molecule is C[C@@H](OC(=O)c1ccc(CS(C)(=O)=O)cc1)C(=O)N1CCc2ccccc2C1. The number of benzene rings is 2. The molecule has 28 heavy (non-hydrogen) atoms. The molecule has 148 valence electrons. The summed E-state index contributed by atoms with van der Waals surface area (Å²) in [6, 6.07) is 14.2. The number of ether oxygens (including phenoxy) is 1. The standard InChI is InChI=1S/C21H23NO5S/c1-15(20(23)22-12-11-17-5-3-4-6-19(17)13-22)27-21(24)18-9-7-16(8-10-18)14-28(2,25)26/h3-10,15H,11-14H2,1-2H3/t15-/m1/s1. The van der Waals surface area contributed by atoms with E-state index in [1.807, 2.05) is 18.2 Å². The van der Waals surface area contributed by atoms with Gasteiger partial charge in [0.2, 0.25) is 0 Å². The van der Waals surface area contributed by atoms with Crippen molar-refractivity contribution >= 4 is 21.7 Å². The molecule has 0 spiro atoms. The minimum atomic E-state index is -3.14. The summed E-state index contributed by atoms with van der Waals surface area (Å²) in [6.07, 6.45) is 1.04. The molecular weight excluding hydrogens is 378 g/mol. The molecule has 0 saturated carbocycles. The molecule has 1 aliphatic rings. The molecule has 1 aliphatic heterocycles. The van der Waals surface area contributed by atoms with Gasteiger partial charge in [0, 0.05) is 19.3 Å². The van der Waals surface area contributed by atoms with Gasteiger partial charge in [-0.1, -0.05) is 36.4 Å². The van der Waals surface area contributed by atoms with Gasteiger partial charge in [-0.25, -0.2) is 13.2 Å². The zero-order chi connectivity index (χ0) is 20.3. The molecule has 0 bridgehead atoms. The van der Waals surface area contributed by atoms with Crippen LogP contribution in [0.2, 0.25) is 0 Å². The van der Waals surface area contributed by atoms with Crippen LogP contribution in [-0.2, 0) is 38.1 Å². The van der Waals surface area contributed by atoms with Gasteiger partial charge in [-0.05, 0) is 42.2 Å². The average Bonchev–Trinajstić information content (AvgIpc) is 2.66. The number of amides is 1. The topological polar surface area (TPSA) is 80.8 Å². The van der Waals surface area contributed by atoms with Gasteiger partial charge in [0.05, 0.1) is 11.3 Å². The Kier molecular flexibility index (Phi) is 5.84. The maximum absolute atomic E-state index is 12.7. The second-order valence-corrected chi connectivity index (χ2v) is 9.23. The Morgan fingerprint density at radius 1 is 1.07 bits per heavy atom. The number of rotatable bonds is 5. The van der Waals surface area contributed by atoms with Crippen LogP contribution in [0.3, 0.4) is 0 Å². The molecule has 1 atom stereocenters. The molecule has 0 fully saturated rings. The van der Waals surface area contributed by atoms with Crippen molar-refractivity contribution in [2.75, 3.05) is 12.8 Å². The zero-order valence-corrected chi connectivity index (χ0v) is 16.7. The van der Waals surface area contributed by atoms with Crippen molar-refractivity contribution < 1.29 is 22.7 Å². The molecule has 0 aliphatic carbocycles. The highest BCUT2D eigenvalue weighted by atomic mass is 32.2. The first-order chi connectivity index (χ1) is 13.2. The highest BCUT2D eigenvalue weighted by Crippen LogP contribution is 2.20. The van der Waals surface area contributed by atoms with Crippen LogP contribution in [0.15, 0.2) is 48.5 Å². The summed E-state index contributed by atoms with van der Waals surface area (Å²) in [6.45, 7) is 2.67. The van der Waals surface area contributed by atoms with Crippen molar-refractivity contribution in [1.29, 1.82) is 0 Å². The summed E-state index contributed by atoms with van der Waals surface area (Å²) >= 11 is 0. The number of carbonyl (C=O) groups is 2. The molecule has 0 aromatic heterocycles. The van der Waals surface area contributed by atoms with E-state index in [4.69, 9.17) is 4.74 Å². The molecule has 1 heterocycles. The van der Waals surface area contributed by atoms with E-state index in [0.717, 1.165) is 18.2 Å². The van der Waals surface area contributed by atoms with Gasteiger partial charge in [0.15, 0.2) is 15.9 Å². The third-order valence-electron chi connectivity index (χ3n) is 4.69. The molecular formula is C21H23NO5S. The predicted octanol–water partition coefficient (Wildman–Crippen LogP) is 2.36. The van der Waals surface area contributed by atoms with E-state index in [2.05, 4.69) is 6.07 Å². The Labute approximate surface area is 165 Å². The van der Waals surface area contributed by atoms with Gasteiger partial charge in [0.1, 0.15) is 0 Å². The molecule has 0 saturated heterocycles. The van der Waals surface area contributed by atoms with Gasteiger partial charge in [-0.2, -0.15) is 0 Å². The number of carbonyl (C=O) groups excluding carboxylic acids is 2. The summed E-state index contributed by atoms with van der Waals surface area (Å²) < 4.78 is 28.0. The van der Waals surface area contributed by atoms with Crippen LogP contribution in [0.25, 0.3) is 0 Å². The van der Waals surface area contributed by atoms with Crippen LogP contribution in [0, 0.1) is 0 Å². The Bertz CT molecular complexity index is 982. The minimum absolute atomic E-state index is 0.0896. The number of esters is 1. The van der Waals surface area contributed by atoms with Gasteiger partial charge in [0.25, 0.3) is 5.91 Å². The fourth-order valence-electron chi connectivity index (χ4n) is 3.26. The lowest BCUT2D eigenvalue weighted by Crippen LogP contribution is -2.42. The summed E-state index contributed by atoms with van der Waals surface area (Å²) in [7, 11) is -3.14. The smallest absolute Gasteiger partial charge is 0.338 e. The highest BCUT2D eigenvalue weighted by molar-refractivity contribution is 7.89. The van der Waals surface area contributed by atoms with Gasteiger partial charge < -0.3 is 9.64 Å². The van der Waals surface area contributed by atoms with Gasteiger partial charge in [-0.15, -0.1) is 0 Å².